The second-order valence-electron chi connectivity index (χ2n) is 4.87. The van der Waals surface area contributed by atoms with E-state index in [1.54, 1.807) is 43.3 Å². The summed E-state index contributed by atoms with van der Waals surface area (Å²) in [6.07, 6.45) is 0. The van der Waals surface area contributed by atoms with Gasteiger partial charge in [0.15, 0.2) is 9.84 Å². The molecule has 0 fully saturated rings. The highest BCUT2D eigenvalue weighted by Crippen LogP contribution is 2.14. The molecule has 0 spiro atoms. The van der Waals surface area contributed by atoms with Crippen molar-refractivity contribution >= 4 is 37.5 Å². The van der Waals surface area contributed by atoms with Gasteiger partial charge in [0.25, 0.3) is 0 Å². The van der Waals surface area contributed by atoms with E-state index in [1.807, 2.05) is 6.07 Å². The van der Waals surface area contributed by atoms with Crippen molar-refractivity contribution in [1.82, 2.24) is 4.98 Å². The predicted octanol–water partition coefficient (Wildman–Crippen LogP) is 2.71. The quantitative estimate of drug-likeness (QED) is 0.862. The fourth-order valence-corrected chi connectivity index (χ4v) is 3.63. The third-order valence-corrected chi connectivity index (χ3v) is 4.75. The lowest BCUT2D eigenvalue weighted by atomic mass is 10.2. The molecule has 2 aromatic rings. The normalized spacial score (nSPS) is 11.2. The Balaban J connectivity index is 2.00. The number of aromatic nitrogens is 1. The summed E-state index contributed by atoms with van der Waals surface area (Å²) in [4.78, 5) is 16.0. The van der Waals surface area contributed by atoms with E-state index in [-0.39, 0.29) is 5.75 Å². The van der Waals surface area contributed by atoms with Crippen molar-refractivity contribution < 1.29 is 13.2 Å². The Kier molecular flexibility index (Phi) is 5.31. The molecule has 1 amide bonds. The average molecular weight is 383 g/mol. The molecule has 0 aliphatic heterocycles. The van der Waals surface area contributed by atoms with Crippen LogP contribution in [0.25, 0.3) is 0 Å². The van der Waals surface area contributed by atoms with Gasteiger partial charge in [-0.2, -0.15) is 0 Å². The molecule has 2 rings (SSSR count). The second kappa shape index (κ2) is 7.02. The van der Waals surface area contributed by atoms with Crippen LogP contribution >= 0.6 is 15.9 Å². The number of pyridine rings is 1. The van der Waals surface area contributed by atoms with Gasteiger partial charge in [-0.1, -0.05) is 34.1 Å². The van der Waals surface area contributed by atoms with Crippen LogP contribution in [0.1, 0.15) is 11.3 Å². The Labute approximate surface area is 137 Å². The number of carbonyl (C=O) groups is 1. The summed E-state index contributed by atoms with van der Waals surface area (Å²) < 4.78 is 25.0. The molecule has 0 unspecified atom stereocenters. The van der Waals surface area contributed by atoms with Crippen LogP contribution in [0.4, 0.5) is 5.82 Å². The summed E-state index contributed by atoms with van der Waals surface area (Å²) in [5.74, 6) is -0.994. The fraction of sp³-hybridized carbons (Fsp3) is 0.200. The largest absolute Gasteiger partial charge is 0.310 e. The van der Waals surface area contributed by atoms with Crippen LogP contribution in [0.3, 0.4) is 0 Å². The third kappa shape index (κ3) is 5.23. The van der Waals surface area contributed by atoms with Crippen LogP contribution in [0.15, 0.2) is 46.9 Å². The van der Waals surface area contributed by atoms with Crippen molar-refractivity contribution in [3.8, 4) is 0 Å². The van der Waals surface area contributed by atoms with Crippen molar-refractivity contribution in [1.29, 1.82) is 0 Å². The number of carbonyl (C=O) groups excluding carboxylic acids is 1. The molecule has 0 bridgehead atoms. The first kappa shape index (κ1) is 16.6. The number of amides is 1. The van der Waals surface area contributed by atoms with Gasteiger partial charge in [0, 0.05) is 10.2 Å². The Bertz CT molecular complexity index is 791. The number of aryl methyl sites for hydroxylation is 1. The van der Waals surface area contributed by atoms with Crippen molar-refractivity contribution in [2.45, 2.75) is 12.7 Å². The van der Waals surface area contributed by atoms with E-state index >= 15 is 0 Å². The number of sulfone groups is 1. The topological polar surface area (TPSA) is 76.1 Å². The standard InChI is InChI=1S/C15H15BrN2O3S/c1-11-4-2-7-14(17-11)18-15(19)10-22(20,21)9-12-5-3-6-13(16)8-12/h2-8H,9-10H2,1H3,(H,17,18,19). The summed E-state index contributed by atoms with van der Waals surface area (Å²) in [5.41, 5.74) is 1.38. The molecule has 0 aliphatic rings. The van der Waals surface area contributed by atoms with E-state index in [9.17, 15) is 13.2 Å². The molecule has 0 atom stereocenters. The van der Waals surface area contributed by atoms with Gasteiger partial charge in [-0.3, -0.25) is 4.79 Å². The van der Waals surface area contributed by atoms with Gasteiger partial charge in [-0.15, -0.1) is 0 Å². The van der Waals surface area contributed by atoms with Crippen molar-refractivity contribution in [2.24, 2.45) is 0 Å². The Morgan fingerprint density at radius 3 is 2.64 bits per heavy atom. The van der Waals surface area contributed by atoms with Crippen LogP contribution in [0.2, 0.25) is 0 Å². The Morgan fingerprint density at radius 2 is 1.95 bits per heavy atom. The first-order valence-corrected chi connectivity index (χ1v) is 9.14. The third-order valence-electron chi connectivity index (χ3n) is 2.78. The van der Waals surface area contributed by atoms with Gasteiger partial charge in [-0.05, 0) is 36.8 Å². The highest BCUT2D eigenvalue weighted by molar-refractivity contribution is 9.10. The number of hydrogen-bond acceptors (Lipinski definition) is 4. The van der Waals surface area contributed by atoms with Gasteiger partial charge in [0.2, 0.25) is 5.91 Å². The summed E-state index contributed by atoms with van der Waals surface area (Å²) in [6.45, 7) is 1.79. The number of rotatable bonds is 5. The maximum Gasteiger partial charge on any atom is 0.240 e. The van der Waals surface area contributed by atoms with Gasteiger partial charge < -0.3 is 5.32 Å². The van der Waals surface area contributed by atoms with E-state index < -0.39 is 21.5 Å². The lowest BCUT2D eigenvalue weighted by Crippen LogP contribution is -2.24. The zero-order valence-corrected chi connectivity index (χ0v) is 14.3. The SMILES string of the molecule is Cc1cccc(NC(=O)CS(=O)(=O)Cc2cccc(Br)c2)n1. The zero-order valence-electron chi connectivity index (χ0n) is 11.9. The highest BCUT2D eigenvalue weighted by Gasteiger charge is 2.18. The molecule has 0 saturated carbocycles. The number of nitrogens with zero attached hydrogens (tertiary/aromatic N) is 1. The van der Waals surface area contributed by atoms with E-state index in [0.717, 1.165) is 10.2 Å². The molecule has 5 nitrogen and oxygen atoms in total. The lowest BCUT2D eigenvalue weighted by Gasteiger charge is -2.07. The summed E-state index contributed by atoms with van der Waals surface area (Å²) in [6, 6.07) is 12.2. The first-order chi connectivity index (χ1) is 10.3. The van der Waals surface area contributed by atoms with Crippen LogP contribution in [0.5, 0.6) is 0 Å². The van der Waals surface area contributed by atoms with Crippen molar-refractivity contribution in [3.63, 3.8) is 0 Å². The molecule has 1 N–H and O–H groups in total. The van der Waals surface area contributed by atoms with E-state index in [4.69, 9.17) is 0 Å². The first-order valence-electron chi connectivity index (χ1n) is 6.52. The molecule has 22 heavy (non-hydrogen) atoms. The van der Waals surface area contributed by atoms with Crippen LogP contribution in [-0.4, -0.2) is 25.1 Å². The van der Waals surface area contributed by atoms with Crippen LogP contribution in [-0.2, 0) is 20.4 Å². The van der Waals surface area contributed by atoms with Crippen molar-refractivity contribution in [3.05, 3.63) is 58.2 Å². The predicted molar refractivity (Wildman–Crippen MR) is 89.2 cm³/mol. The minimum Gasteiger partial charge on any atom is -0.310 e. The minimum absolute atomic E-state index is 0.179. The molecule has 0 saturated heterocycles. The molecule has 0 radical (unpaired) electrons. The highest BCUT2D eigenvalue weighted by atomic mass is 79.9. The number of anilines is 1. The minimum atomic E-state index is -3.54. The van der Waals surface area contributed by atoms with Gasteiger partial charge in [0.05, 0.1) is 5.75 Å². The molecule has 0 aliphatic carbocycles. The van der Waals surface area contributed by atoms with E-state index in [2.05, 4.69) is 26.2 Å². The van der Waals surface area contributed by atoms with E-state index in [1.165, 1.54) is 0 Å². The number of halogens is 1. The summed E-state index contributed by atoms with van der Waals surface area (Å²) in [5, 5.41) is 2.50. The van der Waals surface area contributed by atoms with Crippen LogP contribution < -0.4 is 5.32 Å². The maximum absolute atomic E-state index is 12.1. The maximum atomic E-state index is 12.1. The molecule has 116 valence electrons. The molecule has 1 aromatic heterocycles. The molecule has 1 aromatic carbocycles. The zero-order chi connectivity index (χ0) is 16.2. The number of nitrogens with one attached hydrogen (secondary N) is 1. The van der Waals surface area contributed by atoms with Crippen LogP contribution in [0, 0.1) is 6.92 Å². The van der Waals surface area contributed by atoms with Gasteiger partial charge >= 0.3 is 0 Å². The van der Waals surface area contributed by atoms with Crippen molar-refractivity contribution in [2.75, 3.05) is 11.1 Å². The smallest absolute Gasteiger partial charge is 0.240 e. The Hall–Kier alpha value is -1.73. The fourth-order valence-electron chi connectivity index (χ4n) is 1.92. The monoisotopic (exact) mass is 382 g/mol. The number of hydrogen-bond donors (Lipinski definition) is 1. The van der Waals surface area contributed by atoms with Gasteiger partial charge in [-0.25, -0.2) is 13.4 Å². The summed E-state index contributed by atoms with van der Waals surface area (Å²) >= 11 is 3.29. The molecular weight excluding hydrogens is 368 g/mol. The van der Waals surface area contributed by atoms with E-state index in [0.29, 0.717) is 11.4 Å². The summed E-state index contributed by atoms with van der Waals surface area (Å²) in [7, 11) is -3.54. The Morgan fingerprint density at radius 1 is 1.23 bits per heavy atom. The number of benzene rings is 1. The van der Waals surface area contributed by atoms with Gasteiger partial charge in [0.1, 0.15) is 11.6 Å². The second-order valence-corrected chi connectivity index (χ2v) is 7.85. The average Bonchev–Trinajstić information content (AvgIpc) is 2.36. The molecule has 1 heterocycles. The molecule has 7 heteroatoms. The lowest BCUT2D eigenvalue weighted by molar-refractivity contribution is -0.113. The molecular formula is C15H15BrN2O3S.